The molecule has 0 amide bonds. The van der Waals surface area contributed by atoms with Gasteiger partial charge < -0.3 is 104 Å². The minimum atomic E-state index is -1.92. The summed E-state index contributed by atoms with van der Waals surface area (Å²) in [4.78, 5) is 27.3. The lowest BCUT2D eigenvalue weighted by atomic mass is 9.86. The van der Waals surface area contributed by atoms with Crippen LogP contribution in [0.1, 0.15) is 24.5 Å². The Kier molecular flexibility index (Phi) is 16.9. The van der Waals surface area contributed by atoms with Crippen molar-refractivity contribution in [3.05, 3.63) is 77.1 Å². The van der Waals surface area contributed by atoms with Crippen molar-refractivity contribution in [2.24, 2.45) is 5.92 Å². The zero-order valence-corrected chi connectivity index (χ0v) is 36.0. The van der Waals surface area contributed by atoms with E-state index >= 15 is 0 Å². The Balaban J connectivity index is 1.09. The van der Waals surface area contributed by atoms with Crippen LogP contribution in [0.4, 0.5) is 0 Å². The molecule has 2 aromatic carbocycles. The maximum Gasteiger partial charge on any atom is 0.337 e. The molecule has 8 rings (SSSR count). The third kappa shape index (κ3) is 11.2. The molecule has 2 aromatic rings. The number of hydrogen-bond donors (Lipinski definition) is 11. The van der Waals surface area contributed by atoms with E-state index in [1.54, 1.807) is 43.3 Å². The number of hydrogen-bond acceptors (Lipinski definition) is 23. The van der Waals surface area contributed by atoms with Gasteiger partial charge in [0.25, 0.3) is 0 Å². The lowest BCUT2D eigenvalue weighted by molar-refractivity contribution is -0.369. The van der Waals surface area contributed by atoms with Gasteiger partial charge in [-0.15, -0.1) is 0 Å². The monoisotopic (exact) mass is 952 g/mol. The molecule has 23 nitrogen and oxygen atoms in total. The Labute approximate surface area is 382 Å². The van der Waals surface area contributed by atoms with Crippen LogP contribution in [0, 0.1) is 5.92 Å². The molecule has 0 saturated carbocycles. The van der Waals surface area contributed by atoms with Crippen LogP contribution in [0.15, 0.2) is 65.9 Å². The van der Waals surface area contributed by atoms with Crippen LogP contribution >= 0.6 is 0 Å². The standard InChI is InChI=1S/C44H56O23/c1-2-22-23-14-30(48)58-11-10-20-5-8-25(62-42-36(54)34(52)31(49)27(15-45)63-42)26(13-20)61-21-6-3-19(4-7-21)9-12-59-40(57)24(23)18-60-41(22)67-44-38(56)39(33(51)29(17-47)65-44)66-43-37(55)35(53)32(50)28(16-46)64-43/h2-8,13,18,23,27-29,31-39,41-47,49-56H,9-12,14-17H2,1H3/b22-2-/t23-,27+,28+,29+,31+,32+,33+,34-,35-,36+,37+,38+,39-,41-,42+,43-,44-/m0/s1. The summed E-state index contributed by atoms with van der Waals surface area (Å²) in [6.07, 6.45) is -24.1. The number of aliphatic hydroxyl groups excluding tert-OH is 11. The number of carbonyl (C=O) groups is 2. The molecular weight excluding hydrogens is 896 g/mol. The SMILES string of the molecule is C/C=C1\[C@H](O[C@@H]2O[C@H](CO)[C@@H](O)[C@H](O[C@@H]3O[C@H](CO)[C@@H](O)[C@H](O)[C@H]3O)[C@H]2O)OC=C2C(=O)OCCc3ccc(cc3)Oc3cc(ccc3O[C@@H]3O[C@H](CO)[C@@H](O)[C@H](O)[C@H]3O)CCOC(=O)C[C@H]21. The average molecular weight is 953 g/mol. The van der Waals surface area contributed by atoms with Crippen molar-refractivity contribution in [2.75, 3.05) is 33.0 Å². The maximum atomic E-state index is 13.7. The number of fused-ring (bicyclic) bond motifs is 9. The summed E-state index contributed by atoms with van der Waals surface area (Å²) in [7, 11) is 0. The first-order valence-corrected chi connectivity index (χ1v) is 21.6. The fourth-order valence-electron chi connectivity index (χ4n) is 8.17. The van der Waals surface area contributed by atoms with Gasteiger partial charge in [-0.25, -0.2) is 4.79 Å². The topological polar surface area (TPSA) is 349 Å². The molecule has 0 aliphatic carbocycles. The highest BCUT2D eigenvalue weighted by Gasteiger charge is 2.52. The molecule has 0 spiro atoms. The molecule has 0 aromatic heterocycles. The number of aliphatic hydroxyl groups is 11. The molecular formula is C44H56O23. The van der Waals surface area contributed by atoms with Crippen molar-refractivity contribution in [3.8, 4) is 17.2 Å². The van der Waals surface area contributed by atoms with Gasteiger partial charge in [-0.05, 0) is 42.3 Å². The molecule has 11 N–H and O–H groups in total. The Morgan fingerprint density at radius 3 is 1.85 bits per heavy atom. The summed E-state index contributed by atoms with van der Waals surface area (Å²) >= 11 is 0. The van der Waals surface area contributed by atoms with E-state index in [9.17, 15) is 65.8 Å². The second kappa shape index (κ2) is 22.4. The van der Waals surface area contributed by atoms with Gasteiger partial charge in [-0.3, -0.25) is 4.79 Å². The van der Waals surface area contributed by atoms with Crippen molar-refractivity contribution in [1.29, 1.82) is 0 Å². The van der Waals surface area contributed by atoms with Crippen molar-refractivity contribution < 1.29 is 113 Å². The van der Waals surface area contributed by atoms with Gasteiger partial charge in [0, 0.05) is 24.3 Å². The molecule has 0 radical (unpaired) electrons. The average Bonchev–Trinajstić information content (AvgIpc) is 3.32. The zero-order chi connectivity index (χ0) is 48.1. The predicted molar refractivity (Wildman–Crippen MR) is 219 cm³/mol. The van der Waals surface area contributed by atoms with Crippen LogP contribution in [0.3, 0.4) is 0 Å². The maximum absolute atomic E-state index is 13.7. The molecule has 370 valence electrons. The molecule has 6 aliphatic heterocycles. The van der Waals surface area contributed by atoms with E-state index in [1.807, 2.05) is 0 Å². The molecule has 6 heterocycles. The van der Waals surface area contributed by atoms with Crippen LogP contribution in [0.5, 0.6) is 17.2 Å². The number of ether oxygens (including phenoxy) is 10. The van der Waals surface area contributed by atoms with Crippen molar-refractivity contribution in [2.45, 2.75) is 125 Å². The molecule has 4 bridgehead atoms. The van der Waals surface area contributed by atoms with Crippen LogP contribution in [-0.2, 0) is 60.3 Å². The van der Waals surface area contributed by atoms with Gasteiger partial charge >= 0.3 is 11.9 Å². The Bertz CT molecular complexity index is 2040. The summed E-state index contributed by atoms with van der Waals surface area (Å²) in [5, 5.41) is 114. The normalized spacial score (nSPS) is 38.2. The fraction of sp³-hybridized carbons (Fsp3) is 0.591. The lowest BCUT2D eigenvalue weighted by Crippen LogP contribution is -2.65. The number of carbonyl (C=O) groups excluding carboxylic acids is 2. The largest absolute Gasteiger partial charge is 0.468 e. The minimum Gasteiger partial charge on any atom is -0.468 e. The minimum absolute atomic E-state index is 0.0625. The second-order valence-electron chi connectivity index (χ2n) is 16.4. The van der Waals surface area contributed by atoms with E-state index in [1.165, 1.54) is 12.1 Å². The molecule has 6 aliphatic rings. The molecule has 0 unspecified atom stereocenters. The third-order valence-electron chi connectivity index (χ3n) is 12.1. The van der Waals surface area contributed by atoms with Crippen molar-refractivity contribution in [3.63, 3.8) is 0 Å². The molecule has 67 heavy (non-hydrogen) atoms. The summed E-state index contributed by atoms with van der Waals surface area (Å²) in [5.41, 5.74) is 1.44. The van der Waals surface area contributed by atoms with Gasteiger partial charge in [0.05, 0.1) is 51.3 Å². The van der Waals surface area contributed by atoms with E-state index < -0.39 is 143 Å². The van der Waals surface area contributed by atoms with Crippen molar-refractivity contribution in [1.82, 2.24) is 0 Å². The van der Waals surface area contributed by atoms with Crippen LogP contribution in [-0.4, -0.2) is 200 Å². The van der Waals surface area contributed by atoms with Gasteiger partial charge in [0.15, 0.2) is 24.1 Å². The van der Waals surface area contributed by atoms with Gasteiger partial charge in [-0.2, -0.15) is 0 Å². The Morgan fingerprint density at radius 2 is 1.21 bits per heavy atom. The number of allylic oxidation sites excluding steroid dienone is 1. The number of esters is 2. The Hall–Kier alpha value is -4.38. The number of rotatable bonds is 9. The molecule has 3 fully saturated rings. The zero-order valence-electron chi connectivity index (χ0n) is 36.0. The van der Waals surface area contributed by atoms with Crippen LogP contribution in [0.25, 0.3) is 0 Å². The van der Waals surface area contributed by atoms with Crippen LogP contribution < -0.4 is 9.47 Å². The first-order chi connectivity index (χ1) is 32.1. The summed E-state index contributed by atoms with van der Waals surface area (Å²) in [6, 6.07) is 11.5. The van der Waals surface area contributed by atoms with Gasteiger partial charge in [-0.1, -0.05) is 24.3 Å². The van der Waals surface area contributed by atoms with Crippen molar-refractivity contribution >= 4 is 11.9 Å². The van der Waals surface area contributed by atoms with E-state index in [0.29, 0.717) is 11.3 Å². The first-order valence-electron chi connectivity index (χ1n) is 21.6. The van der Waals surface area contributed by atoms with Crippen LogP contribution in [0.2, 0.25) is 0 Å². The quantitative estimate of drug-likeness (QED) is 0.0865. The third-order valence-corrected chi connectivity index (χ3v) is 12.1. The smallest absolute Gasteiger partial charge is 0.337 e. The Morgan fingerprint density at radius 1 is 0.642 bits per heavy atom. The second-order valence-corrected chi connectivity index (χ2v) is 16.4. The predicted octanol–water partition coefficient (Wildman–Crippen LogP) is -3.32. The fourth-order valence-corrected chi connectivity index (χ4v) is 8.17. The summed E-state index contributed by atoms with van der Waals surface area (Å²) < 4.78 is 57.5. The number of benzene rings is 2. The highest BCUT2D eigenvalue weighted by molar-refractivity contribution is 5.91. The molecule has 23 heteroatoms. The van der Waals surface area contributed by atoms with E-state index in [0.717, 1.165) is 11.8 Å². The van der Waals surface area contributed by atoms with E-state index in [2.05, 4.69) is 0 Å². The highest BCUT2D eigenvalue weighted by Crippen LogP contribution is 2.39. The first kappa shape index (κ1) is 50.5. The summed E-state index contributed by atoms with van der Waals surface area (Å²) in [6.45, 7) is -0.985. The highest BCUT2D eigenvalue weighted by atomic mass is 16.8. The van der Waals surface area contributed by atoms with E-state index in [4.69, 9.17) is 47.4 Å². The summed E-state index contributed by atoms with van der Waals surface area (Å²) in [5.74, 6) is -2.13. The molecule has 17 atom stereocenters. The van der Waals surface area contributed by atoms with E-state index in [-0.39, 0.29) is 48.7 Å². The van der Waals surface area contributed by atoms with Gasteiger partial charge in [0.2, 0.25) is 12.6 Å². The van der Waals surface area contributed by atoms with Gasteiger partial charge in [0.1, 0.15) is 79.0 Å². The molecule has 3 saturated heterocycles. The lowest BCUT2D eigenvalue weighted by Gasteiger charge is -2.46.